The van der Waals surface area contributed by atoms with Crippen molar-refractivity contribution in [3.63, 3.8) is 0 Å². The average molecular weight is 208 g/mol. The van der Waals surface area contributed by atoms with Crippen LogP contribution in [0, 0.1) is 11.3 Å². The minimum absolute atomic E-state index is 0.0211. The molecule has 0 spiro atoms. The van der Waals surface area contributed by atoms with E-state index in [1.54, 1.807) is 23.9 Å². The Kier molecular flexibility index (Phi) is 3.26. The molecule has 3 nitrogen and oxygen atoms in total. The third kappa shape index (κ3) is 2.33. The van der Waals surface area contributed by atoms with E-state index in [-0.39, 0.29) is 11.4 Å². The minimum Gasteiger partial charge on any atom is -0.506 e. The molecule has 0 amide bonds. The third-order valence-corrected chi connectivity index (χ3v) is 2.60. The first-order valence-corrected chi connectivity index (χ1v) is 5.11. The summed E-state index contributed by atoms with van der Waals surface area (Å²) in [4.78, 5) is 0.864. The van der Waals surface area contributed by atoms with Crippen LogP contribution in [0.2, 0.25) is 0 Å². The van der Waals surface area contributed by atoms with Gasteiger partial charge in [0.25, 0.3) is 0 Å². The number of benzene rings is 1. The number of nitrogens with zero attached hydrogens (tertiary/aromatic N) is 1. The van der Waals surface area contributed by atoms with Gasteiger partial charge >= 0.3 is 0 Å². The lowest BCUT2D eigenvalue weighted by atomic mass is 10.2. The maximum absolute atomic E-state index is 9.44. The average Bonchev–Trinajstić information content (AvgIpc) is 2.10. The van der Waals surface area contributed by atoms with E-state index in [0.29, 0.717) is 10.8 Å². The van der Waals surface area contributed by atoms with Gasteiger partial charge in [-0.1, -0.05) is 13.8 Å². The topological polar surface area (TPSA) is 70.0 Å². The molecule has 1 rings (SSSR count). The summed E-state index contributed by atoms with van der Waals surface area (Å²) in [5, 5.41) is 18.6. The molecule has 0 fully saturated rings. The highest BCUT2D eigenvalue weighted by atomic mass is 32.2. The summed E-state index contributed by atoms with van der Waals surface area (Å²) < 4.78 is 0. The normalized spacial score (nSPS) is 10.1. The van der Waals surface area contributed by atoms with Gasteiger partial charge in [0.2, 0.25) is 0 Å². The Labute approximate surface area is 87.5 Å². The molecule has 1 aromatic carbocycles. The fourth-order valence-corrected chi connectivity index (χ4v) is 1.95. The van der Waals surface area contributed by atoms with Gasteiger partial charge < -0.3 is 10.8 Å². The molecule has 0 bridgehead atoms. The van der Waals surface area contributed by atoms with Gasteiger partial charge in [-0.2, -0.15) is 5.26 Å². The molecule has 0 saturated heterocycles. The van der Waals surface area contributed by atoms with Crippen molar-refractivity contribution in [1.82, 2.24) is 0 Å². The van der Waals surface area contributed by atoms with E-state index in [9.17, 15) is 5.11 Å². The number of nitrogen functional groups attached to an aromatic ring is 1. The molecular weight excluding hydrogens is 196 g/mol. The van der Waals surface area contributed by atoms with Gasteiger partial charge in [-0.05, 0) is 12.1 Å². The van der Waals surface area contributed by atoms with Gasteiger partial charge in [-0.3, -0.25) is 0 Å². The van der Waals surface area contributed by atoms with Crippen molar-refractivity contribution in [3.05, 3.63) is 17.7 Å². The summed E-state index contributed by atoms with van der Waals surface area (Å²) in [6.45, 7) is 4.09. The molecule has 74 valence electrons. The van der Waals surface area contributed by atoms with Crippen molar-refractivity contribution in [2.24, 2.45) is 0 Å². The number of nitrogens with two attached hydrogens (primary N) is 1. The Balaban J connectivity index is 3.11. The molecule has 0 aliphatic rings. The predicted molar refractivity (Wildman–Crippen MR) is 58.2 cm³/mol. The van der Waals surface area contributed by atoms with Crippen LogP contribution in [0.5, 0.6) is 5.75 Å². The molecule has 0 unspecified atom stereocenters. The lowest BCUT2D eigenvalue weighted by molar-refractivity contribution is 0.476. The van der Waals surface area contributed by atoms with Crippen LogP contribution in [0.15, 0.2) is 17.0 Å². The number of phenolic OH excluding ortho intramolecular Hbond substituents is 1. The van der Waals surface area contributed by atoms with E-state index in [0.717, 1.165) is 4.90 Å². The van der Waals surface area contributed by atoms with Crippen molar-refractivity contribution in [2.75, 3.05) is 5.73 Å². The zero-order chi connectivity index (χ0) is 10.7. The number of hydrogen-bond acceptors (Lipinski definition) is 4. The van der Waals surface area contributed by atoms with E-state index >= 15 is 0 Å². The first-order valence-electron chi connectivity index (χ1n) is 4.24. The van der Waals surface area contributed by atoms with Crippen molar-refractivity contribution in [2.45, 2.75) is 24.0 Å². The molecule has 0 saturated carbocycles. The van der Waals surface area contributed by atoms with E-state index in [1.807, 2.05) is 19.9 Å². The number of thioether (sulfide) groups is 1. The van der Waals surface area contributed by atoms with Gasteiger partial charge in [0.05, 0.1) is 11.3 Å². The second kappa shape index (κ2) is 4.25. The lowest BCUT2D eigenvalue weighted by Gasteiger charge is -2.07. The molecule has 0 radical (unpaired) electrons. The summed E-state index contributed by atoms with van der Waals surface area (Å²) in [6.07, 6.45) is 0. The second-order valence-corrected chi connectivity index (χ2v) is 4.83. The Hall–Kier alpha value is -1.34. The van der Waals surface area contributed by atoms with Crippen LogP contribution < -0.4 is 5.73 Å². The van der Waals surface area contributed by atoms with Gasteiger partial charge in [-0.25, -0.2) is 0 Å². The van der Waals surface area contributed by atoms with Crippen LogP contribution >= 0.6 is 11.8 Å². The number of aromatic hydroxyl groups is 1. The Bertz CT molecular complexity index is 382. The molecule has 0 aliphatic carbocycles. The maximum Gasteiger partial charge on any atom is 0.140 e. The van der Waals surface area contributed by atoms with Crippen LogP contribution in [0.1, 0.15) is 19.4 Å². The molecule has 4 heteroatoms. The predicted octanol–water partition coefficient (Wildman–Crippen LogP) is 2.35. The Morgan fingerprint density at radius 3 is 2.64 bits per heavy atom. The van der Waals surface area contributed by atoms with Crippen LogP contribution in [-0.2, 0) is 0 Å². The number of phenols is 1. The molecule has 0 aromatic heterocycles. The van der Waals surface area contributed by atoms with E-state index in [1.165, 1.54) is 0 Å². The third-order valence-electron chi connectivity index (χ3n) is 1.62. The molecular formula is C10H12N2OS. The zero-order valence-corrected chi connectivity index (χ0v) is 8.93. The molecule has 1 aromatic rings. The van der Waals surface area contributed by atoms with Crippen molar-refractivity contribution >= 4 is 17.4 Å². The number of nitriles is 1. The minimum atomic E-state index is -0.0211. The Morgan fingerprint density at radius 2 is 2.14 bits per heavy atom. The van der Waals surface area contributed by atoms with E-state index < -0.39 is 0 Å². The largest absolute Gasteiger partial charge is 0.506 e. The van der Waals surface area contributed by atoms with Crippen molar-refractivity contribution in [3.8, 4) is 11.8 Å². The lowest BCUT2D eigenvalue weighted by Crippen LogP contribution is -1.93. The fourth-order valence-electron chi connectivity index (χ4n) is 1.04. The summed E-state index contributed by atoms with van der Waals surface area (Å²) in [5.74, 6) is -0.0211. The van der Waals surface area contributed by atoms with Gasteiger partial charge in [0, 0.05) is 10.1 Å². The zero-order valence-electron chi connectivity index (χ0n) is 8.11. The summed E-state index contributed by atoms with van der Waals surface area (Å²) >= 11 is 1.58. The van der Waals surface area contributed by atoms with Crippen LogP contribution in [0.3, 0.4) is 0 Å². The molecule has 3 N–H and O–H groups in total. The van der Waals surface area contributed by atoms with Crippen LogP contribution in [0.4, 0.5) is 5.69 Å². The maximum atomic E-state index is 9.44. The molecule has 14 heavy (non-hydrogen) atoms. The van der Waals surface area contributed by atoms with Crippen molar-refractivity contribution < 1.29 is 5.11 Å². The van der Waals surface area contributed by atoms with E-state index in [2.05, 4.69) is 0 Å². The number of rotatable bonds is 2. The standard InChI is InChI=1S/C10H12N2OS/c1-6(2)14-8-3-7(5-11)10(12)9(13)4-8/h3-4,6,13H,12H2,1-2H3. The van der Waals surface area contributed by atoms with Gasteiger partial charge in [0.1, 0.15) is 11.8 Å². The fraction of sp³-hybridized carbons (Fsp3) is 0.300. The van der Waals surface area contributed by atoms with Gasteiger partial charge in [0.15, 0.2) is 0 Å². The highest BCUT2D eigenvalue weighted by Crippen LogP contribution is 2.32. The smallest absolute Gasteiger partial charge is 0.140 e. The summed E-state index contributed by atoms with van der Waals surface area (Å²) in [6, 6.07) is 5.23. The van der Waals surface area contributed by atoms with Crippen LogP contribution in [0.25, 0.3) is 0 Å². The quantitative estimate of drug-likeness (QED) is 0.444. The highest BCUT2D eigenvalue weighted by molar-refractivity contribution is 7.99. The van der Waals surface area contributed by atoms with Gasteiger partial charge in [-0.15, -0.1) is 11.8 Å². The van der Waals surface area contributed by atoms with E-state index in [4.69, 9.17) is 11.0 Å². The van der Waals surface area contributed by atoms with Crippen molar-refractivity contribution in [1.29, 1.82) is 5.26 Å². The number of hydrogen-bond donors (Lipinski definition) is 2. The molecule has 0 aliphatic heterocycles. The first kappa shape index (κ1) is 10.7. The second-order valence-electron chi connectivity index (χ2n) is 3.18. The monoisotopic (exact) mass is 208 g/mol. The summed E-state index contributed by atoms with van der Waals surface area (Å²) in [5.41, 5.74) is 5.99. The molecule has 0 atom stereocenters. The Morgan fingerprint density at radius 1 is 1.50 bits per heavy atom. The molecule has 0 heterocycles. The first-order chi connectivity index (χ1) is 6.54. The highest BCUT2D eigenvalue weighted by Gasteiger charge is 2.08. The number of anilines is 1. The summed E-state index contributed by atoms with van der Waals surface area (Å²) in [7, 11) is 0. The SMILES string of the molecule is CC(C)Sc1cc(O)c(N)c(C#N)c1. The van der Waals surface area contributed by atoms with Crippen LogP contribution in [-0.4, -0.2) is 10.4 Å².